The van der Waals surface area contributed by atoms with Crippen LogP contribution in [0.15, 0.2) is 0 Å². The fourth-order valence-corrected chi connectivity index (χ4v) is 2.20. The quantitative estimate of drug-likeness (QED) is 0.397. The molecule has 0 aliphatic carbocycles. The molecule has 0 N–H and O–H groups in total. The topological polar surface area (TPSA) is 12.2 Å². The Morgan fingerprint density at radius 2 is 2.45 bits per heavy atom. The predicted molar refractivity (Wildman–Crippen MR) is 52.6 cm³/mol. The Bertz CT molecular complexity index is 173. The van der Waals surface area contributed by atoms with Gasteiger partial charge in [0.15, 0.2) is 12.6 Å². The van der Waals surface area contributed by atoms with Crippen molar-refractivity contribution in [2.75, 3.05) is 17.5 Å². The molecule has 0 aromatic rings. The molecule has 0 aromatic carbocycles. The number of hydrogen-bond acceptors (Lipinski definition) is 1. The second-order valence-electron chi connectivity index (χ2n) is 3.19. The zero-order chi connectivity index (χ0) is 7.68. The molecule has 2 aliphatic heterocycles. The Morgan fingerprint density at radius 1 is 1.55 bits per heavy atom. The third-order valence-electron chi connectivity index (χ3n) is 2.32. The summed E-state index contributed by atoms with van der Waals surface area (Å²) < 4.78 is 9.28. The van der Waals surface area contributed by atoms with Gasteiger partial charge in [-0.25, -0.2) is 0 Å². The summed E-state index contributed by atoms with van der Waals surface area (Å²) >= 11 is 2.40. The first-order valence-corrected chi connectivity index (χ1v) is 5.76. The van der Waals surface area contributed by atoms with Gasteiger partial charge in [-0.05, 0) is 6.42 Å². The highest BCUT2D eigenvalue weighted by Gasteiger charge is 2.33. The van der Waals surface area contributed by atoms with Gasteiger partial charge in [-0.1, -0.05) is 22.6 Å². The van der Waals surface area contributed by atoms with Gasteiger partial charge in [0.25, 0.3) is 0 Å². The molecule has 0 bridgehead atoms. The van der Waals surface area contributed by atoms with Crippen molar-refractivity contribution in [2.45, 2.75) is 25.4 Å². The van der Waals surface area contributed by atoms with E-state index in [1.807, 2.05) is 0 Å². The van der Waals surface area contributed by atoms with Crippen LogP contribution >= 0.6 is 22.6 Å². The van der Waals surface area contributed by atoms with Gasteiger partial charge in [-0.2, -0.15) is 4.58 Å². The third kappa shape index (κ3) is 1.53. The van der Waals surface area contributed by atoms with Crippen LogP contribution in [0.4, 0.5) is 0 Å². The molecule has 2 rings (SSSR count). The van der Waals surface area contributed by atoms with Gasteiger partial charge < -0.3 is 4.74 Å². The maximum absolute atomic E-state index is 5.75. The van der Waals surface area contributed by atoms with Gasteiger partial charge in [0.1, 0.15) is 6.54 Å². The number of halogens is 1. The molecule has 62 valence electrons. The highest BCUT2D eigenvalue weighted by Crippen LogP contribution is 2.16. The van der Waals surface area contributed by atoms with E-state index < -0.39 is 0 Å². The summed E-state index contributed by atoms with van der Waals surface area (Å²) in [5.74, 6) is 1.26. The molecule has 2 heterocycles. The Hall–Kier alpha value is 0.200. The monoisotopic (exact) mass is 266 g/mol. The number of ether oxygens (including phenoxy) is 1. The van der Waals surface area contributed by atoms with Crippen LogP contribution in [0.5, 0.6) is 0 Å². The van der Waals surface area contributed by atoms with Gasteiger partial charge in [-0.15, -0.1) is 0 Å². The maximum Gasteiger partial charge on any atom is 0.336 e. The first kappa shape index (κ1) is 7.83. The van der Waals surface area contributed by atoms with E-state index in [-0.39, 0.29) is 0 Å². The standard InChI is InChI=1S/C8H13INO/c9-5-7-6-10-4-2-1-3-8(10)11-7/h7H,1-6H2/q+1. The lowest BCUT2D eigenvalue weighted by Crippen LogP contribution is -2.22. The number of rotatable bonds is 1. The fraction of sp³-hybridized carbons (Fsp3) is 0.875. The summed E-state index contributed by atoms with van der Waals surface area (Å²) in [6.45, 7) is 2.36. The molecule has 11 heavy (non-hydrogen) atoms. The van der Waals surface area contributed by atoms with Crippen LogP contribution in [0.1, 0.15) is 19.3 Å². The minimum absolute atomic E-state index is 0.476. The molecule has 0 fully saturated rings. The van der Waals surface area contributed by atoms with Crippen molar-refractivity contribution in [2.24, 2.45) is 0 Å². The van der Waals surface area contributed by atoms with Crippen LogP contribution in [0.3, 0.4) is 0 Å². The highest BCUT2D eigenvalue weighted by molar-refractivity contribution is 14.1. The molecule has 0 saturated carbocycles. The van der Waals surface area contributed by atoms with Crippen LogP contribution in [-0.2, 0) is 4.74 Å². The van der Waals surface area contributed by atoms with Crippen molar-refractivity contribution < 1.29 is 9.31 Å². The van der Waals surface area contributed by atoms with Crippen molar-refractivity contribution in [1.29, 1.82) is 0 Å². The molecule has 0 aromatic heterocycles. The summed E-state index contributed by atoms with van der Waals surface area (Å²) in [6.07, 6.45) is 4.32. The van der Waals surface area contributed by atoms with E-state index in [0.717, 1.165) is 11.0 Å². The zero-order valence-corrected chi connectivity index (χ0v) is 8.71. The fourth-order valence-electron chi connectivity index (χ4n) is 1.74. The number of nitrogens with zero attached hydrogens (tertiary/aromatic N) is 1. The van der Waals surface area contributed by atoms with Crippen molar-refractivity contribution in [3.63, 3.8) is 0 Å². The Morgan fingerprint density at radius 3 is 3.18 bits per heavy atom. The van der Waals surface area contributed by atoms with Crippen LogP contribution in [0, 0.1) is 0 Å². The Balaban J connectivity index is 2.03. The molecule has 3 heteroatoms. The van der Waals surface area contributed by atoms with Gasteiger partial charge in [0.2, 0.25) is 0 Å². The minimum Gasteiger partial charge on any atom is -0.437 e. The van der Waals surface area contributed by atoms with Crippen LogP contribution < -0.4 is 0 Å². The lowest BCUT2D eigenvalue weighted by molar-refractivity contribution is -0.526. The van der Waals surface area contributed by atoms with Crippen LogP contribution in [0.2, 0.25) is 0 Å². The maximum atomic E-state index is 5.75. The summed E-state index contributed by atoms with van der Waals surface area (Å²) in [5, 5.41) is 0. The van der Waals surface area contributed by atoms with Gasteiger partial charge in [0.05, 0.1) is 6.42 Å². The summed E-state index contributed by atoms with van der Waals surface area (Å²) in [6, 6.07) is 0. The first-order valence-electron chi connectivity index (χ1n) is 4.23. The van der Waals surface area contributed by atoms with E-state index in [0.29, 0.717) is 6.10 Å². The Kier molecular flexibility index (Phi) is 2.34. The molecular formula is C8H13INO+. The highest BCUT2D eigenvalue weighted by atomic mass is 127. The van der Waals surface area contributed by atoms with E-state index in [2.05, 4.69) is 27.2 Å². The predicted octanol–water partition coefficient (Wildman–Crippen LogP) is 1.42. The lowest BCUT2D eigenvalue weighted by Gasteiger charge is -2.05. The molecular weight excluding hydrogens is 253 g/mol. The Labute approximate surface area is 80.8 Å². The second-order valence-corrected chi connectivity index (χ2v) is 4.07. The molecule has 2 nitrogen and oxygen atoms in total. The van der Waals surface area contributed by atoms with E-state index in [1.165, 1.54) is 31.7 Å². The van der Waals surface area contributed by atoms with Crippen molar-refractivity contribution in [3.8, 4) is 0 Å². The van der Waals surface area contributed by atoms with E-state index >= 15 is 0 Å². The van der Waals surface area contributed by atoms with Crippen LogP contribution in [-0.4, -0.2) is 34.1 Å². The second kappa shape index (κ2) is 3.29. The molecule has 0 saturated heterocycles. The van der Waals surface area contributed by atoms with E-state index in [4.69, 9.17) is 4.74 Å². The summed E-state index contributed by atoms with van der Waals surface area (Å²) in [5.41, 5.74) is 0. The minimum atomic E-state index is 0.476. The SMILES string of the molecule is ICC1C[N+]2=C(CCCC2)O1. The van der Waals surface area contributed by atoms with E-state index in [9.17, 15) is 0 Å². The number of alkyl halides is 1. The average Bonchev–Trinajstić information content (AvgIpc) is 2.46. The van der Waals surface area contributed by atoms with Gasteiger partial charge in [-0.3, -0.25) is 0 Å². The molecule has 2 aliphatic rings. The van der Waals surface area contributed by atoms with E-state index in [1.54, 1.807) is 0 Å². The molecule has 0 spiro atoms. The number of hydrogen-bond donors (Lipinski definition) is 0. The van der Waals surface area contributed by atoms with Crippen molar-refractivity contribution in [1.82, 2.24) is 0 Å². The van der Waals surface area contributed by atoms with Gasteiger partial charge >= 0.3 is 5.90 Å². The van der Waals surface area contributed by atoms with Crippen LogP contribution in [0.25, 0.3) is 0 Å². The molecule has 1 unspecified atom stereocenters. The molecule has 1 atom stereocenters. The average molecular weight is 266 g/mol. The molecule has 0 radical (unpaired) electrons. The largest absolute Gasteiger partial charge is 0.437 e. The normalized spacial score (nSPS) is 30.1. The lowest BCUT2D eigenvalue weighted by atomic mass is 10.2. The summed E-state index contributed by atoms with van der Waals surface area (Å²) in [4.78, 5) is 0. The summed E-state index contributed by atoms with van der Waals surface area (Å²) in [7, 11) is 0. The third-order valence-corrected chi connectivity index (χ3v) is 3.30. The van der Waals surface area contributed by atoms with Crippen molar-refractivity contribution >= 4 is 28.5 Å². The first-order chi connectivity index (χ1) is 5.40. The van der Waals surface area contributed by atoms with Crippen molar-refractivity contribution in [3.05, 3.63) is 0 Å². The smallest absolute Gasteiger partial charge is 0.336 e. The van der Waals surface area contributed by atoms with Gasteiger partial charge in [0, 0.05) is 10.8 Å². The molecule has 0 amide bonds. The zero-order valence-electron chi connectivity index (χ0n) is 6.55.